The normalized spacial score (nSPS) is 14.8. The molecule has 1 aliphatic rings. The number of carboxylic acid groups (broad SMARTS) is 1. The monoisotopic (exact) mass is 393 g/mol. The van der Waals surface area contributed by atoms with Crippen molar-refractivity contribution in [1.82, 2.24) is 14.8 Å². The Kier molecular flexibility index (Phi) is 5.48. The fourth-order valence-electron chi connectivity index (χ4n) is 3.65. The second-order valence-corrected chi connectivity index (χ2v) is 7.03. The third-order valence-electron chi connectivity index (χ3n) is 5.24. The van der Waals surface area contributed by atoms with Crippen LogP contribution in [0.4, 0.5) is 4.79 Å². The summed E-state index contributed by atoms with van der Waals surface area (Å²) in [6, 6.07) is 17.1. The van der Waals surface area contributed by atoms with Crippen molar-refractivity contribution >= 4 is 16.9 Å². The van der Waals surface area contributed by atoms with Gasteiger partial charge < -0.3 is 19.7 Å². The van der Waals surface area contributed by atoms with Crippen LogP contribution in [0.2, 0.25) is 0 Å². The first-order chi connectivity index (χ1) is 14.1. The molecular weight excluding hydrogens is 370 g/mol. The molecule has 1 amide bonds. The minimum absolute atomic E-state index is 0.142. The molecule has 3 aromatic rings. The molecule has 2 N–H and O–H groups in total. The largest absolute Gasteiger partial charge is 0.489 e. The number of ether oxygens (including phenoxy) is 1. The van der Waals surface area contributed by atoms with Gasteiger partial charge in [-0.25, -0.2) is 4.79 Å². The van der Waals surface area contributed by atoms with E-state index in [4.69, 9.17) is 9.84 Å². The molecule has 1 aliphatic heterocycles. The summed E-state index contributed by atoms with van der Waals surface area (Å²) in [6.07, 6.45) is -0.867. The van der Waals surface area contributed by atoms with Gasteiger partial charge >= 0.3 is 6.09 Å². The van der Waals surface area contributed by atoms with Crippen LogP contribution < -0.4 is 10.3 Å². The molecule has 7 heteroatoms. The summed E-state index contributed by atoms with van der Waals surface area (Å²) < 4.78 is 6.20. The summed E-state index contributed by atoms with van der Waals surface area (Å²) in [5, 5.41) is 10.4. The van der Waals surface area contributed by atoms with E-state index in [1.165, 1.54) is 4.90 Å². The van der Waals surface area contributed by atoms with Crippen LogP contribution in [-0.4, -0.2) is 65.3 Å². The van der Waals surface area contributed by atoms with Crippen molar-refractivity contribution < 1.29 is 14.6 Å². The Morgan fingerprint density at radius 2 is 1.62 bits per heavy atom. The van der Waals surface area contributed by atoms with Crippen LogP contribution in [0.1, 0.15) is 0 Å². The number of aromatic nitrogens is 1. The van der Waals surface area contributed by atoms with Gasteiger partial charge in [-0.3, -0.25) is 9.69 Å². The van der Waals surface area contributed by atoms with Crippen LogP contribution >= 0.6 is 0 Å². The SMILES string of the molecule is O=C(O)N1CCN(CCOc2c(-c3ccccc3)[nH]c(=O)c3ccccc23)CC1. The van der Waals surface area contributed by atoms with Crippen LogP contribution in [0.15, 0.2) is 59.4 Å². The summed E-state index contributed by atoms with van der Waals surface area (Å²) in [5.41, 5.74) is 1.42. The van der Waals surface area contributed by atoms with Gasteiger partial charge in [0.25, 0.3) is 5.56 Å². The smallest absolute Gasteiger partial charge is 0.407 e. The summed E-state index contributed by atoms with van der Waals surface area (Å²) in [4.78, 5) is 30.2. The van der Waals surface area contributed by atoms with Crippen molar-refractivity contribution in [3.63, 3.8) is 0 Å². The maximum Gasteiger partial charge on any atom is 0.407 e. The minimum Gasteiger partial charge on any atom is -0.489 e. The molecule has 0 unspecified atom stereocenters. The van der Waals surface area contributed by atoms with Crippen LogP contribution in [0.5, 0.6) is 5.75 Å². The van der Waals surface area contributed by atoms with Gasteiger partial charge in [0.2, 0.25) is 0 Å². The lowest BCUT2D eigenvalue weighted by Gasteiger charge is -2.32. The number of amides is 1. The summed E-state index contributed by atoms with van der Waals surface area (Å²) in [7, 11) is 0. The molecule has 29 heavy (non-hydrogen) atoms. The van der Waals surface area contributed by atoms with Crippen molar-refractivity contribution in [3.8, 4) is 17.0 Å². The quantitative estimate of drug-likeness (QED) is 0.696. The molecule has 2 aromatic carbocycles. The van der Waals surface area contributed by atoms with Crippen LogP contribution in [0.3, 0.4) is 0 Å². The Morgan fingerprint density at radius 1 is 0.966 bits per heavy atom. The number of nitrogens with zero attached hydrogens (tertiary/aromatic N) is 2. The highest BCUT2D eigenvalue weighted by Gasteiger charge is 2.20. The van der Waals surface area contributed by atoms with Gasteiger partial charge in [-0.2, -0.15) is 0 Å². The summed E-state index contributed by atoms with van der Waals surface area (Å²) >= 11 is 0. The Morgan fingerprint density at radius 3 is 2.31 bits per heavy atom. The number of fused-ring (bicyclic) bond motifs is 1. The lowest BCUT2D eigenvalue weighted by Crippen LogP contribution is -2.49. The fraction of sp³-hybridized carbons (Fsp3) is 0.273. The highest BCUT2D eigenvalue weighted by atomic mass is 16.5. The van der Waals surface area contributed by atoms with E-state index in [-0.39, 0.29) is 5.56 Å². The Labute approximate surface area is 168 Å². The third kappa shape index (κ3) is 4.09. The highest BCUT2D eigenvalue weighted by molar-refractivity contribution is 5.92. The molecule has 1 saturated heterocycles. The average molecular weight is 393 g/mol. The standard InChI is InChI=1S/C22H23N3O4/c26-21-18-9-5-4-8-17(18)20(19(23-21)16-6-2-1-3-7-16)29-15-14-24-10-12-25(13-11-24)22(27)28/h1-9H,10-15H2,(H,23,26)(H,27,28). The first-order valence-corrected chi connectivity index (χ1v) is 9.67. The Balaban J connectivity index is 1.56. The molecule has 150 valence electrons. The lowest BCUT2D eigenvalue weighted by molar-refractivity contribution is 0.0986. The van der Waals surface area contributed by atoms with Gasteiger partial charge in [0.1, 0.15) is 6.61 Å². The van der Waals surface area contributed by atoms with E-state index in [9.17, 15) is 9.59 Å². The molecule has 0 spiro atoms. The predicted molar refractivity (Wildman–Crippen MR) is 112 cm³/mol. The Hall–Kier alpha value is -3.32. The van der Waals surface area contributed by atoms with E-state index < -0.39 is 6.09 Å². The number of aromatic amines is 1. The molecule has 0 saturated carbocycles. The number of rotatable bonds is 5. The topological polar surface area (TPSA) is 85.9 Å². The number of hydrogen-bond acceptors (Lipinski definition) is 4. The minimum atomic E-state index is -0.867. The van der Waals surface area contributed by atoms with Gasteiger partial charge in [0, 0.05) is 43.7 Å². The third-order valence-corrected chi connectivity index (χ3v) is 5.24. The number of benzene rings is 2. The number of piperazine rings is 1. The van der Waals surface area contributed by atoms with Crippen LogP contribution in [-0.2, 0) is 0 Å². The van der Waals surface area contributed by atoms with Crippen molar-refractivity contribution in [1.29, 1.82) is 0 Å². The number of pyridine rings is 1. The van der Waals surface area contributed by atoms with Crippen LogP contribution in [0.25, 0.3) is 22.0 Å². The molecule has 0 bridgehead atoms. The molecular formula is C22H23N3O4. The number of carbonyl (C=O) groups is 1. The Bertz CT molecular complexity index is 1060. The van der Waals surface area contributed by atoms with E-state index >= 15 is 0 Å². The van der Waals surface area contributed by atoms with Gasteiger partial charge in [-0.15, -0.1) is 0 Å². The van der Waals surface area contributed by atoms with Crippen molar-refractivity contribution in [2.24, 2.45) is 0 Å². The summed E-state index contributed by atoms with van der Waals surface area (Å²) in [5.74, 6) is 0.663. The second kappa shape index (κ2) is 8.36. The van der Waals surface area contributed by atoms with E-state index in [0.29, 0.717) is 56.2 Å². The molecule has 2 heterocycles. The molecule has 0 radical (unpaired) electrons. The number of nitrogens with one attached hydrogen (secondary N) is 1. The van der Waals surface area contributed by atoms with E-state index in [1.54, 1.807) is 6.07 Å². The lowest BCUT2D eigenvalue weighted by atomic mass is 10.1. The van der Waals surface area contributed by atoms with Gasteiger partial charge in [-0.05, 0) is 6.07 Å². The van der Waals surface area contributed by atoms with E-state index in [0.717, 1.165) is 10.9 Å². The van der Waals surface area contributed by atoms with Crippen molar-refractivity contribution in [2.75, 3.05) is 39.3 Å². The second-order valence-electron chi connectivity index (χ2n) is 7.03. The van der Waals surface area contributed by atoms with E-state index in [2.05, 4.69) is 9.88 Å². The fourth-order valence-corrected chi connectivity index (χ4v) is 3.65. The molecule has 0 aliphatic carbocycles. The highest BCUT2D eigenvalue weighted by Crippen LogP contribution is 2.33. The molecule has 0 atom stereocenters. The van der Waals surface area contributed by atoms with Crippen molar-refractivity contribution in [2.45, 2.75) is 0 Å². The number of H-pyrrole nitrogens is 1. The number of hydrogen-bond donors (Lipinski definition) is 2. The van der Waals surface area contributed by atoms with Gasteiger partial charge in [0.05, 0.1) is 11.1 Å². The zero-order chi connectivity index (χ0) is 20.2. The van der Waals surface area contributed by atoms with Gasteiger partial charge in [0.15, 0.2) is 5.75 Å². The average Bonchev–Trinajstić information content (AvgIpc) is 2.76. The maximum absolute atomic E-state index is 12.6. The van der Waals surface area contributed by atoms with Crippen LogP contribution in [0, 0.1) is 0 Å². The first-order valence-electron chi connectivity index (χ1n) is 9.67. The molecule has 1 aromatic heterocycles. The first kappa shape index (κ1) is 19.0. The predicted octanol–water partition coefficient (Wildman–Crippen LogP) is 2.87. The zero-order valence-electron chi connectivity index (χ0n) is 16.0. The molecule has 1 fully saturated rings. The molecule has 7 nitrogen and oxygen atoms in total. The zero-order valence-corrected chi connectivity index (χ0v) is 16.0. The molecule has 4 rings (SSSR count). The van der Waals surface area contributed by atoms with E-state index in [1.807, 2.05) is 48.5 Å². The van der Waals surface area contributed by atoms with Gasteiger partial charge in [-0.1, -0.05) is 48.5 Å². The maximum atomic E-state index is 12.6. The summed E-state index contributed by atoms with van der Waals surface area (Å²) in [6.45, 7) is 3.53. The van der Waals surface area contributed by atoms with Crippen molar-refractivity contribution in [3.05, 3.63) is 65.0 Å².